The van der Waals surface area contributed by atoms with E-state index in [9.17, 15) is 0 Å². The van der Waals surface area contributed by atoms with Gasteiger partial charge in [-0.3, -0.25) is 0 Å². The Kier molecular flexibility index (Phi) is 9.29. The molecule has 0 saturated carbocycles. The van der Waals surface area contributed by atoms with Crippen LogP contribution < -0.4 is 6.15 Å². The molecule has 0 aromatic carbocycles. The summed E-state index contributed by atoms with van der Waals surface area (Å²) in [5, 5.41) is 0. The van der Waals surface area contributed by atoms with Gasteiger partial charge in [0, 0.05) is 13.1 Å². The van der Waals surface area contributed by atoms with E-state index in [1.54, 1.807) is 0 Å². The summed E-state index contributed by atoms with van der Waals surface area (Å²) in [5.41, 5.74) is 0. The molecular formula is C8H21N3. The number of hydrogen-bond acceptors (Lipinski definition) is 3. The van der Waals surface area contributed by atoms with Crippen LogP contribution >= 0.6 is 0 Å². The largest absolute Gasteiger partial charge is 0.344 e. The highest BCUT2D eigenvalue weighted by Gasteiger charge is 1.83. The first-order valence-electron chi connectivity index (χ1n) is 3.57. The molecule has 0 heterocycles. The maximum absolute atomic E-state index is 2.18. The predicted molar refractivity (Wildman–Crippen MR) is 51.3 cm³/mol. The number of nitrogens with zero attached hydrogens (tertiary/aromatic N) is 2. The molecule has 0 aromatic rings. The van der Waals surface area contributed by atoms with Crippen molar-refractivity contribution in [3.05, 3.63) is 12.2 Å². The third kappa shape index (κ3) is 12.7. The van der Waals surface area contributed by atoms with Crippen LogP contribution in [0.1, 0.15) is 0 Å². The molecule has 0 unspecified atom stereocenters. The van der Waals surface area contributed by atoms with Crippen LogP contribution in [0.4, 0.5) is 0 Å². The third-order valence-corrected chi connectivity index (χ3v) is 1.11. The number of rotatable bonds is 4. The SMILES string of the molecule is CN(C)CC=CCN(C)C.N. The minimum atomic E-state index is 0. The minimum absolute atomic E-state index is 0. The van der Waals surface area contributed by atoms with Gasteiger partial charge in [-0.25, -0.2) is 0 Å². The average molecular weight is 159 g/mol. The van der Waals surface area contributed by atoms with Crippen LogP contribution in [0.5, 0.6) is 0 Å². The number of likely N-dealkylation sites (N-methyl/N-ethyl adjacent to an activating group) is 2. The van der Waals surface area contributed by atoms with Crippen molar-refractivity contribution < 1.29 is 0 Å². The average Bonchev–Trinajstić information content (AvgIpc) is 1.79. The van der Waals surface area contributed by atoms with E-state index in [1.165, 1.54) is 0 Å². The van der Waals surface area contributed by atoms with Gasteiger partial charge in [0.25, 0.3) is 0 Å². The van der Waals surface area contributed by atoms with E-state index in [0.29, 0.717) is 0 Å². The topological polar surface area (TPSA) is 41.5 Å². The van der Waals surface area contributed by atoms with E-state index in [2.05, 4.69) is 50.1 Å². The number of hydrogen-bond donors (Lipinski definition) is 1. The van der Waals surface area contributed by atoms with Crippen molar-refractivity contribution in [3.8, 4) is 0 Å². The second-order valence-electron chi connectivity index (χ2n) is 3.00. The molecule has 0 fully saturated rings. The van der Waals surface area contributed by atoms with Gasteiger partial charge < -0.3 is 16.0 Å². The zero-order valence-electron chi connectivity index (χ0n) is 8.17. The summed E-state index contributed by atoms with van der Waals surface area (Å²) in [7, 11) is 8.28. The Balaban J connectivity index is 0. The van der Waals surface area contributed by atoms with Crippen LogP contribution in [-0.2, 0) is 0 Å². The van der Waals surface area contributed by atoms with Crippen molar-refractivity contribution >= 4 is 0 Å². The lowest BCUT2D eigenvalue weighted by Gasteiger charge is -2.06. The molecule has 0 amide bonds. The standard InChI is InChI=1S/C8H18N2.H3N/c1-9(2)7-5-6-8-10(3)4;/h5-6H,7-8H2,1-4H3;1H3. The van der Waals surface area contributed by atoms with Crippen LogP contribution in [0.3, 0.4) is 0 Å². The van der Waals surface area contributed by atoms with Gasteiger partial charge in [0.15, 0.2) is 0 Å². The molecular weight excluding hydrogens is 138 g/mol. The Morgan fingerprint density at radius 1 is 0.818 bits per heavy atom. The molecule has 3 N–H and O–H groups in total. The molecule has 11 heavy (non-hydrogen) atoms. The van der Waals surface area contributed by atoms with Crippen LogP contribution in [0.25, 0.3) is 0 Å². The van der Waals surface area contributed by atoms with E-state index in [4.69, 9.17) is 0 Å². The quantitative estimate of drug-likeness (QED) is 0.618. The lowest BCUT2D eigenvalue weighted by atomic mass is 10.4. The second-order valence-corrected chi connectivity index (χ2v) is 3.00. The van der Waals surface area contributed by atoms with Crippen LogP contribution in [0.2, 0.25) is 0 Å². The first kappa shape index (κ1) is 13.2. The van der Waals surface area contributed by atoms with E-state index in [1.807, 2.05) is 0 Å². The summed E-state index contributed by atoms with van der Waals surface area (Å²) in [4.78, 5) is 4.29. The molecule has 0 aliphatic carbocycles. The molecule has 0 atom stereocenters. The molecule has 68 valence electrons. The highest BCUT2D eigenvalue weighted by Crippen LogP contribution is 1.79. The molecule has 3 nitrogen and oxygen atoms in total. The predicted octanol–water partition coefficient (Wildman–Crippen LogP) is 0.828. The van der Waals surface area contributed by atoms with Gasteiger partial charge in [-0.15, -0.1) is 0 Å². The Morgan fingerprint density at radius 3 is 1.27 bits per heavy atom. The van der Waals surface area contributed by atoms with Crippen molar-refractivity contribution in [2.45, 2.75) is 0 Å². The Bertz CT molecular complexity index is 85.5. The molecule has 0 aliphatic rings. The third-order valence-electron chi connectivity index (χ3n) is 1.11. The Morgan fingerprint density at radius 2 is 1.09 bits per heavy atom. The first-order valence-corrected chi connectivity index (χ1v) is 3.57. The van der Waals surface area contributed by atoms with E-state index >= 15 is 0 Å². The van der Waals surface area contributed by atoms with Gasteiger partial charge in [0.2, 0.25) is 0 Å². The maximum atomic E-state index is 2.18. The normalized spacial score (nSPS) is 11.1. The Hall–Kier alpha value is -0.380. The van der Waals surface area contributed by atoms with E-state index < -0.39 is 0 Å². The molecule has 0 saturated heterocycles. The summed E-state index contributed by atoms with van der Waals surface area (Å²) in [6, 6.07) is 0. The fourth-order valence-electron chi connectivity index (χ4n) is 0.571. The lowest BCUT2D eigenvalue weighted by Crippen LogP contribution is -2.13. The molecule has 0 rings (SSSR count). The van der Waals surface area contributed by atoms with Gasteiger partial charge >= 0.3 is 0 Å². The molecule has 0 bridgehead atoms. The fourth-order valence-corrected chi connectivity index (χ4v) is 0.571. The summed E-state index contributed by atoms with van der Waals surface area (Å²) in [6.07, 6.45) is 4.36. The molecule has 0 radical (unpaired) electrons. The van der Waals surface area contributed by atoms with E-state index in [0.717, 1.165) is 13.1 Å². The summed E-state index contributed by atoms with van der Waals surface area (Å²) >= 11 is 0. The van der Waals surface area contributed by atoms with Crippen molar-refractivity contribution in [1.82, 2.24) is 16.0 Å². The maximum Gasteiger partial charge on any atom is 0.0157 e. The highest BCUT2D eigenvalue weighted by atomic mass is 15.1. The van der Waals surface area contributed by atoms with Gasteiger partial charge in [-0.05, 0) is 28.2 Å². The highest BCUT2D eigenvalue weighted by molar-refractivity contribution is 4.85. The zero-order chi connectivity index (χ0) is 7.98. The van der Waals surface area contributed by atoms with Crippen LogP contribution in [-0.4, -0.2) is 51.1 Å². The second kappa shape index (κ2) is 7.72. The monoisotopic (exact) mass is 159 g/mol. The van der Waals surface area contributed by atoms with E-state index in [-0.39, 0.29) is 6.15 Å². The fraction of sp³-hybridized carbons (Fsp3) is 0.750. The van der Waals surface area contributed by atoms with Gasteiger partial charge in [0.05, 0.1) is 0 Å². The Labute approximate surface area is 70.3 Å². The summed E-state index contributed by atoms with van der Waals surface area (Å²) in [6.45, 7) is 2.07. The zero-order valence-corrected chi connectivity index (χ0v) is 8.17. The van der Waals surface area contributed by atoms with Crippen molar-refractivity contribution in [2.75, 3.05) is 41.3 Å². The molecule has 0 aliphatic heterocycles. The summed E-state index contributed by atoms with van der Waals surface area (Å²) < 4.78 is 0. The van der Waals surface area contributed by atoms with Crippen LogP contribution in [0, 0.1) is 0 Å². The lowest BCUT2D eigenvalue weighted by molar-refractivity contribution is 0.444. The van der Waals surface area contributed by atoms with Crippen molar-refractivity contribution in [1.29, 1.82) is 0 Å². The smallest absolute Gasteiger partial charge is 0.0157 e. The van der Waals surface area contributed by atoms with Crippen molar-refractivity contribution in [2.24, 2.45) is 0 Å². The molecule has 0 aromatic heterocycles. The van der Waals surface area contributed by atoms with Gasteiger partial charge in [-0.2, -0.15) is 0 Å². The minimum Gasteiger partial charge on any atom is -0.344 e. The summed E-state index contributed by atoms with van der Waals surface area (Å²) in [5.74, 6) is 0. The molecule has 3 heteroatoms. The van der Waals surface area contributed by atoms with Crippen LogP contribution in [0.15, 0.2) is 12.2 Å². The molecule has 0 spiro atoms. The van der Waals surface area contributed by atoms with Gasteiger partial charge in [0.1, 0.15) is 0 Å². The first-order chi connectivity index (χ1) is 4.63. The van der Waals surface area contributed by atoms with Gasteiger partial charge in [-0.1, -0.05) is 12.2 Å². The van der Waals surface area contributed by atoms with Crippen molar-refractivity contribution in [3.63, 3.8) is 0 Å².